The Hall–Kier alpha value is -3.18. The number of rotatable bonds is 6. The molecule has 0 aromatic heterocycles. The molecule has 2 unspecified atom stereocenters. The number of carbonyl (C=O) groups is 4. The minimum absolute atomic E-state index is 0.0556. The molecule has 1 fully saturated rings. The van der Waals surface area contributed by atoms with Crippen molar-refractivity contribution in [2.24, 2.45) is 17.6 Å². The maximum Gasteiger partial charge on any atom is 0.255 e. The second kappa shape index (κ2) is 9.12. The van der Waals surface area contributed by atoms with Gasteiger partial charge in [-0.25, -0.2) is 0 Å². The number of hydrogen-bond donors (Lipinski definition) is 6. The van der Waals surface area contributed by atoms with Crippen LogP contribution in [0.25, 0.3) is 5.76 Å². The molecule has 3 aliphatic rings. The number of carbonyl (C=O) groups excluding carboxylic acids is 4. The highest BCUT2D eigenvalue weighted by molar-refractivity contribution is 9.09. The molecule has 0 bridgehead atoms. The average Bonchev–Trinajstić information content (AvgIpc) is 2.78. The summed E-state index contributed by atoms with van der Waals surface area (Å²) in [7, 11) is 0. The van der Waals surface area contributed by atoms with Crippen molar-refractivity contribution in [1.82, 2.24) is 0 Å². The lowest BCUT2D eigenvalue weighted by Crippen LogP contribution is -2.58. The standard InChI is InChI=1S/C24H25BrN2O8/c25-6-2-1-3-15(29)27-13-5-4-10-7-11-8-12-9-14(28)18(23(26)34)22(33)24(12,35)21(32)17(11)20(31)16(10)19(13)30/h4-5,11-12,30-31,33,35H,1-3,6-9H2,(H2,26,34)(H,27,29)/t11?,12?,24-/m0/s1. The van der Waals surface area contributed by atoms with E-state index in [4.69, 9.17) is 5.73 Å². The first kappa shape index (κ1) is 24.9. The summed E-state index contributed by atoms with van der Waals surface area (Å²) in [6.07, 6.45) is 1.58. The number of aromatic hydroxyl groups is 1. The predicted molar refractivity (Wildman–Crippen MR) is 128 cm³/mol. The van der Waals surface area contributed by atoms with Crippen molar-refractivity contribution in [3.8, 4) is 5.75 Å². The topological polar surface area (TPSA) is 187 Å². The zero-order valence-corrected chi connectivity index (χ0v) is 20.2. The van der Waals surface area contributed by atoms with E-state index in [9.17, 15) is 39.6 Å². The van der Waals surface area contributed by atoms with Crippen molar-refractivity contribution in [2.75, 3.05) is 10.6 Å². The van der Waals surface area contributed by atoms with Crippen LogP contribution >= 0.6 is 15.9 Å². The Balaban J connectivity index is 1.75. The summed E-state index contributed by atoms with van der Waals surface area (Å²) in [6, 6.07) is 3.13. The quantitative estimate of drug-likeness (QED) is 0.134. The van der Waals surface area contributed by atoms with Crippen LogP contribution < -0.4 is 11.1 Å². The van der Waals surface area contributed by atoms with Gasteiger partial charge in [0.1, 0.15) is 22.8 Å². The fraction of sp³-hybridized carbons (Fsp3) is 0.417. The molecule has 0 spiro atoms. The summed E-state index contributed by atoms with van der Waals surface area (Å²) >= 11 is 3.29. The summed E-state index contributed by atoms with van der Waals surface area (Å²) in [5.74, 6) is -7.17. The molecule has 35 heavy (non-hydrogen) atoms. The number of anilines is 1. The fourth-order valence-corrected chi connectivity index (χ4v) is 5.69. The Bertz CT molecular complexity index is 1220. The van der Waals surface area contributed by atoms with Crippen LogP contribution in [0.2, 0.25) is 0 Å². The Kier molecular flexibility index (Phi) is 6.50. The van der Waals surface area contributed by atoms with Crippen molar-refractivity contribution in [3.05, 3.63) is 40.2 Å². The van der Waals surface area contributed by atoms with Crippen molar-refractivity contribution >= 4 is 50.8 Å². The van der Waals surface area contributed by atoms with Gasteiger partial charge in [-0.1, -0.05) is 22.0 Å². The number of hydrogen-bond acceptors (Lipinski definition) is 8. The number of halogens is 1. The molecule has 0 aliphatic heterocycles. The minimum atomic E-state index is -2.60. The van der Waals surface area contributed by atoms with E-state index < -0.39 is 57.8 Å². The van der Waals surface area contributed by atoms with Gasteiger partial charge < -0.3 is 31.5 Å². The number of aliphatic hydroxyl groups is 3. The number of ketones is 2. The Morgan fingerprint density at radius 1 is 1.14 bits per heavy atom. The Labute approximate surface area is 208 Å². The number of primary amides is 1. The van der Waals surface area contributed by atoms with E-state index in [1.54, 1.807) is 6.07 Å². The first-order valence-corrected chi connectivity index (χ1v) is 12.3. The third-order valence-electron chi connectivity index (χ3n) is 7.00. The number of nitrogens with two attached hydrogens (primary N) is 1. The van der Waals surface area contributed by atoms with Gasteiger partial charge in [-0.05, 0) is 43.2 Å². The van der Waals surface area contributed by atoms with Crippen LogP contribution in [0.15, 0.2) is 29.0 Å². The zero-order valence-electron chi connectivity index (χ0n) is 18.6. The van der Waals surface area contributed by atoms with Gasteiger partial charge in [-0.2, -0.15) is 0 Å². The summed E-state index contributed by atoms with van der Waals surface area (Å²) in [4.78, 5) is 49.7. The van der Waals surface area contributed by atoms with Crippen molar-refractivity contribution in [3.63, 3.8) is 0 Å². The van der Waals surface area contributed by atoms with Gasteiger partial charge in [0.25, 0.3) is 5.91 Å². The number of aliphatic hydroxyl groups excluding tert-OH is 2. The first-order valence-electron chi connectivity index (χ1n) is 11.2. The molecule has 1 aromatic rings. The second-order valence-corrected chi connectivity index (χ2v) is 9.89. The zero-order chi connectivity index (χ0) is 25.7. The van der Waals surface area contributed by atoms with Gasteiger partial charge in [0.05, 0.1) is 11.3 Å². The molecule has 7 N–H and O–H groups in total. The minimum Gasteiger partial charge on any atom is -0.508 e. The number of unbranched alkanes of at least 4 members (excludes halogenated alkanes) is 1. The number of phenols is 1. The summed E-state index contributed by atoms with van der Waals surface area (Å²) in [5, 5.41) is 47.1. The molecule has 2 amide bonds. The van der Waals surface area contributed by atoms with Gasteiger partial charge in [-0.15, -0.1) is 0 Å². The number of fused-ring (bicyclic) bond motifs is 3. The van der Waals surface area contributed by atoms with Crippen LogP contribution in [-0.4, -0.2) is 54.7 Å². The number of phenolic OH excluding ortho intramolecular Hbond substituents is 1. The monoisotopic (exact) mass is 548 g/mol. The molecule has 186 valence electrons. The smallest absolute Gasteiger partial charge is 0.255 e. The molecule has 1 aromatic carbocycles. The van der Waals surface area contributed by atoms with Crippen LogP contribution in [0.1, 0.15) is 43.2 Å². The number of benzene rings is 1. The van der Waals surface area contributed by atoms with Crippen LogP contribution in [0.4, 0.5) is 5.69 Å². The third kappa shape index (κ3) is 3.92. The average molecular weight is 549 g/mol. The lowest BCUT2D eigenvalue weighted by atomic mass is 9.59. The largest absolute Gasteiger partial charge is 0.508 e. The van der Waals surface area contributed by atoms with E-state index in [2.05, 4.69) is 21.2 Å². The van der Waals surface area contributed by atoms with E-state index >= 15 is 0 Å². The fourth-order valence-electron chi connectivity index (χ4n) is 5.29. The maximum absolute atomic E-state index is 13.5. The van der Waals surface area contributed by atoms with Crippen molar-refractivity contribution < 1.29 is 39.6 Å². The van der Waals surface area contributed by atoms with Gasteiger partial charge >= 0.3 is 0 Å². The van der Waals surface area contributed by atoms with Crippen LogP contribution in [0, 0.1) is 11.8 Å². The van der Waals surface area contributed by atoms with Gasteiger partial charge in [-0.3, -0.25) is 19.2 Å². The summed E-state index contributed by atoms with van der Waals surface area (Å²) < 4.78 is 0. The molecule has 0 heterocycles. The highest BCUT2D eigenvalue weighted by Gasteiger charge is 2.60. The Morgan fingerprint density at radius 3 is 2.51 bits per heavy atom. The SMILES string of the molecule is NC(=O)C1=C(O)[C@@]2(O)C(=O)C3=C(O)c4c(ccc(NC(=O)CCCCBr)c4O)CC3CC2CC1=O. The van der Waals surface area contributed by atoms with Crippen LogP contribution in [0.5, 0.6) is 5.75 Å². The lowest BCUT2D eigenvalue weighted by Gasteiger charge is -2.46. The number of nitrogens with one attached hydrogen (secondary N) is 1. The highest BCUT2D eigenvalue weighted by Crippen LogP contribution is 2.52. The lowest BCUT2D eigenvalue weighted by molar-refractivity contribution is -0.147. The summed E-state index contributed by atoms with van der Waals surface area (Å²) in [5.41, 5.74) is 2.03. The van der Waals surface area contributed by atoms with Gasteiger partial charge in [0, 0.05) is 29.7 Å². The van der Waals surface area contributed by atoms with Crippen molar-refractivity contribution in [2.45, 2.75) is 44.1 Å². The Morgan fingerprint density at radius 2 is 1.86 bits per heavy atom. The molecular formula is C24H25BrN2O8. The van der Waals surface area contributed by atoms with E-state index in [1.807, 2.05) is 0 Å². The normalized spacial score (nSPS) is 25.7. The molecular weight excluding hydrogens is 524 g/mol. The van der Waals surface area contributed by atoms with E-state index in [-0.39, 0.29) is 48.4 Å². The third-order valence-corrected chi connectivity index (χ3v) is 7.56. The van der Waals surface area contributed by atoms with Gasteiger partial charge in [0.15, 0.2) is 11.4 Å². The number of Topliss-reactive ketones (excluding diaryl/α,β-unsaturated/α-hetero) is 2. The molecule has 3 aliphatic carbocycles. The molecule has 1 saturated carbocycles. The molecule has 11 heteroatoms. The number of amides is 2. The molecule has 0 saturated heterocycles. The first-order chi connectivity index (χ1) is 16.5. The highest BCUT2D eigenvalue weighted by atomic mass is 79.9. The maximum atomic E-state index is 13.5. The molecule has 10 nitrogen and oxygen atoms in total. The van der Waals surface area contributed by atoms with Crippen LogP contribution in [0.3, 0.4) is 0 Å². The predicted octanol–water partition coefficient (Wildman–Crippen LogP) is 1.93. The molecule has 3 atom stereocenters. The van der Waals surface area contributed by atoms with Gasteiger partial charge in [0.2, 0.25) is 11.7 Å². The van der Waals surface area contributed by atoms with E-state index in [0.29, 0.717) is 12.0 Å². The molecule has 0 radical (unpaired) electrons. The second-order valence-electron chi connectivity index (χ2n) is 9.10. The van der Waals surface area contributed by atoms with Crippen molar-refractivity contribution in [1.29, 1.82) is 0 Å². The van der Waals surface area contributed by atoms with E-state index in [1.165, 1.54) is 6.07 Å². The van der Waals surface area contributed by atoms with Crippen LogP contribution in [-0.2, 0) is 25.6 Å². The van der Waals surface area contributed by atoms with E-state index in [0.717, 1.165) is 11.8 Å². The summed E-state index contributed by atoms with van der Waals surface area (Å²) in [6.45, 7) is 0. The molecule has 4 rings (SSSR count). The number of alkyl halides is 1.